The maximum absolute atomic E-state index is 13.8. The molecule has 0 saturated heterocycles. The van der Waals surface area contributed by atoms with Crippen molar-refractivity contribution < 1.29 is 38.3 Å². The van der Waals surface area contributed by atoms with Crippen molar-refractivity contribution in [3.8, 4) is 11.5 Å². The molecule has 0 aromatic heterocycles. The molecule has 0 spiro atoms. The van der Waals surface area contributed by atoms with Crippen LogP contribution >= 0.6 is 0 Å². The van der Waals surface area contributed by atoms with Crippen LogP contribution in [0.15, 0.2) is 48.6 Å². The molecule has 56 heavy (non-hydrogen) atoms. The zero-order valence-corrected chi connectivity index (χ0v) is 34.6. The molecule has 4 rings (SSSR count). The summed E-state index contributed by atoms with van der Waals surface area (Å²) >= 11 is 0. The number of rotatable bonds is 18. The van der Waals surface area contributed by atoms with Gasteiger partial charge in [0.15, 0.2) is 0 Å². The van der Waals surface area contributed by atoms with Crippen molar-refractivity contribution in [2.45, 2.75) is 78.3 Å². The molecule has 0 atom stereocenters. The lowest BCUT2D eigenvalue weighted by Crippen LogP contribution is -2.50. The molecule has 2 aliphatic rings. The molecule has 2 aromatic carbocycles. The van der Waals surface area contributed by atoms with Gasteiger partial charge in [0.05, 0.1) is 13.1 Å². The third-order valence-electron chi connectivity index (χ3n) is 9.81. The van der Waals surface area contributed by atoms with E-state index in [0.29, 0.717) is 26.2 Å². The lowest BCUT2D eigenvalue weighted by Gasteiger charge is -2.32. The van der Waals surface area contributed by atoms with Crippen molar-refractivity contribution >= 4 is 24.0 Å². The fraction of sp³-hybridized carbons (Fsp3) is 0.571. The van der Waals surface area contributed by atoms with E-state index >= 15 is 0 Å². The minimum atomic E-state index is -0.971. The van der Waals surface area contributed by atoms with Crippen molar-refractivity contribution in [2.24, 2.45) is 0 Å². The van der Waals surface area contributed by atoms with Crippen molar-refractivity contribution in [3.63, 3.8) is 0 Å². The number of carbonyl (C=O) groups excluding carboxylic acids is 4. The van der Waals surface area contributed by atoms with Gasteiger partial charge in [0, 0.05) is 50.4 Å². The molecule has 0 heterocycles. The third-order valence-corrected chi connectivity index (χ3v) is 9.81. The highest BCUT2D eigenvalue weighted by Gasteiger charge is 2.29. The van der Waals surface area contributed by atoms with Crippen molar-refractivity contribution in [2.75, 3.05) is 80.7 Å². The summed E-state index contributed by atoms with van der Waals surface area (Å²) in [4.78, 5) is 72.3. The van der Waals surface area contributed by atoms with Crippen LogP contribution in [0.1, 0.15) is 62.8 Å². The Kier molecular flexibility index (Phi) is 16.8. The minimum Gasteiger partial charge on any atom is -0.491 e. The van der Waals surface area contributed by atoms with E-state index in [4.69, 9.17) is 19.1 Å². The second-order valence-electron chi connectivity index (χ2n) is 15.3. The van der Waals surface area contributed by atoms with Gasteiger partial charge in [-0.15, -0.1) is 10.1 Å². The quantitative estimate of drug-likeness (QED) is 0.151. The molecule has 0 radical (unpaired) electrons. The Bertz CT molecular complexity index is 1540. The Balaban J connectivity index is 1.45. The van der Waals surface area contributed by atoms with Crippen LogP contribution in [0.25, 0.3) is 0 Å². The SMILES string of the molecule is CC(C)N(CCN(C)C)C(=O)N(CCOc1cccc2c1CCC2)OC(=O)/C=C\C(=O)ON(CCOc1cccc2c1CCC2)C(=O)N(CCN(C)C)C(C)C. The van der Waals surface area contributed by atoms with Gasteiger partial charge in [-0.2, -0.15) is 0 Å². The zero-order valence-electron chi connectivity index (χ0n) is 34.6. The number of likely N-dealkylation sites (N-methyl/N-ethyl adjacent to an activating group) is 2. The number of hydrogen-bond donors (Lipinski definition) is 0. The molecule has 2 aliphatic carbocycles. The Morgan fingerprint density at radius 3 is 1.32 bits per heavy atom. The topological polar surface area (TPSA) is 125 Å². The summed E-state index contributed by atoms with van der Waals surface area (Å²) in [7, 11) is 7.66. The second-order valence-corrected chi connectivity index (χ2v) is 15.3. The fourth-order valence-electron chi connectivity index (χ4n) is 6.74. The van der Waals surface area contributed by atoms with Crippen LogP contribution in [0, 0.1) is 0 Å². The number of carbonyl (C=O) groups is 4. The summed E-state index contributed by atoms with van der Waals surface area (Å²) in [5, 5.41) is 1.94. The molecule has 2 aromatic rings. The molecule has 14 heteroatoms. The van der Waals surface area contributed by atoms with Gasteiger partial charge in [-0.3, -0.25) is 0 Å². The summed E-state index contributed by atoms with van der Waals surface area (Å²) in [5.41, 5.74) is 4.84. The molecule has 0 saturated carbocycles. The number of benzene rings is 2. The summed E-state index contributed by atoms with van der Waals surface area (Å²) < 4.78 is 12.2. The third kappa shape index (κ3) is 12.9. The van der Waals surface area contributed by atoms with Crippen LogP contribution in [0.4, 0.5) is 9.59 Å². The van der Waals surface area contributed by atoms with Crippen molar-refractivity contribution in [1.29, 1.82) is 0 Å². The van der Waals surface area contributed by atoms with Gasteiger partial charge < -0.3 is 38.7 Å². The number of hydrogen-bond acceptors (Lipinski definition) is 10. The normalized spacial score (nSPS) is 13.3. The number of nitrogens with zero attached hydrogens (tertiary/aromatic N) is 6. The maximum atomic E-state index is 13.8. The fourth-order valence-corrected chi connectivity index (χ4v) is 6.74. The molecule has 0 N–H and O–H groups in total. The van der Waals surface area contributed by atoms with E-state index in [0.717, 1.165) is 83.4 Å². The largest absolute Gasteiger partial charge is 0.491 e. The average molecular weight is 779 g/mol. The van der Waals surface area contributed by atoms with Gasteiger partial charge in [-0.25, -0.2) is 19.2 Å². The van der Waals surface area contributed by atoms with Crippen LogP contribution in [-0.2, 0) is 44.9 Å². The highest BCUT2D eigenvalue weighted by atomic mass is 16.7. The molecule has 0 unspecified atom stereocenters. The molecule has 14 nitrogen and oxygen atoms in total. The highest BCUT2D eigenvalue weighted by Crippen LogP contribution is 2.31. The van der Waals surface area contributed by atoms with E-state index in [1.165, 1.54) is 11.1 Å². The van der Waals surface area contributed by atoms with Gasteiger partial charge in [0.1, 0.15) is 24.7 Å². The van der Waals surface area contributed by atoms with Gasteiger partial charge in [0.25, 0.3) is 0 Å². The lowest BCUT2D eigenvalue weighted by molar-refractivity contribution is -0.176. The van der Waals surface area contributed by atoms with Gasteiger partial charge in [0.2, 0.25) is 0 Å². The first kappa shape index (κ1) is 43.9. The number of hydroxylamine groups is 4. The summed E-state index contributed by atoms with van der Waals surface area (Å²) in [5.74, 6) is -0.434. The van der Waals surface area contributed by atoms with Gasteiger partial charge >= 0.3 is 24.0 Å². The van der Waals surface area contributed by atoms with E-state index in [1.54, 1.807) is 9.80 Å². The molecular weight excluding hydrogens is 716 g/mol. The molecule has 0 fully saturated rings. The first-order chi connectivity index (χ1) is 26.7. The van der Waals surface area contributed by atoms with Crippen LogP contribution in [0.2, 0.25) is 0 Å². The predicted molar refractivity (Wildman–Crippen MR) is 214 cm³/mol. The average Bonchev–Trinajstić information content (AvgIpc) is 3.84. The van der Waals surface area contributed by atoms with Crippen molar-refractivity contribution in [3.05, 3.63) is 70.8 Å². The number of fused-ring (bicyclic) bond motifs is 2. The maximum Gasteiger partial charge on any atom is 0.356 e. The monoisotopic (exact) mass is 778 g/mol. The second kappa shape index (κ2) is 21.5. The lowest BCUT2D eigenvalue weighted by atomic mass is 10.1. The number of amides is 4. The van der Waals surface area contributed by atoms with E-state index in [1.807, 2.05) is 90.0 Å². The summed E-state index contributed by atoms with van der Waals surface area (Å²) in [6, 6.07) is 10.5. The Hall–Kier alpha value is -4.82. The van der Waals surface area contributed by atoms with E-state index in [-0.39, 0.29) is 38.4 Å². The molecule has 4 amide bonds. The standard InChI is InChI=1S/C42H62N6O8/c1-31(2)45(25-23-43(5)6)41(51)47(27-29-53-37-19-11-15-33-13-9-17-35(33)37)55-39(49)21-22-40(50)56-48(42(52)46(32(3)4)26-24-44(7)8)28-30-54-38-20-12-16-34-14-10-18-36(34)38/h11-12,15-16,19-22,31-32H,9-10,13-14,17-18,23-30H2,1-8H3/b22-21-. The Morgan fingerprint density at radius 1 is 0.571 bits per heavy atom. The number of ether oxygens (including phenoxy) is 2. The Morgan fingerprint density at radius 2 is 0.964 bits per heavy atom. The van der Waals surface area contributed by atoms with E-state index < -0.39 is 24.0 Å². The smallest absolute Gasteiger partial charge is 0.356 e. The first-order valence-corrected chi connectivity index (χ1v) is 19.8. The first-order valence-electron chi connectivity index (χ1n) is 19.8. The molecule has 0 bridgehead atoms. The van der Waals surface area contributed by atoms with Crippen LogP contribution in [-0.4, -0.2) is 146 Å². The zero-order chi connectivity index (χ0) is 40.8. The predicted octanol–water partition coefficient (Wildman–Crippen LogP) is 4.98. The van der Waals surface area contributed by atoms with Crippen LogP contribution in [0.5, 0.6) is 11.5 Å². The van der Waals surface area contributed by atoms with Crippen LogP contribution < -0.4 is 9.47 Å². The van der Waals surface area contributed by atoms with Crippen LogP contribution in [0.3, 0.4) is 0 Å². The Labute approximate surface area is 332 Å². The molecule has 0 aliphatic heterocycles. The summed E-state index contributed by atoms with van der Waals surface area (Å²) in [6.07, 6.45) is 7.73. The van der Waals surface area contributed by atoms with E-state index in [9.17, 15) is 19.2 Å². The van der Waals surface area contributed by atoms with Gasteiger partial charge in [-0.05, 0) is 129 Å². The van der Waals surface area contributed by atoms with E-state index in [2.05, 4.69) is 12.1 Å². The molecule has 308 valence electrons. The minimum absolute atomic E-state index is 0.0530. The van der Waals surface area contributed by atoms with Crippen molar-refractivity contribution in [1.82, 2.24) is 29.7 Å². The van der Waals surface area contributed by atoms with Gasteiger partial charge in [-0.1, -0.05) is 24.3 Å². The number of urea groups is 2. The highest BCUT2D eigenvalue weighted by molar-refractivity contribution is 5.92. The summed E-state index contributed by atoms with van der Waals surface area (Å²) in [6.45, 7) is 9.59. The molecular formula is C42H62N6O8. The number of aryl methyl sites for hydroxylation is 2.